The first kappa shape index (κ1) is 15.8. The normalized spacial score (nSPS) is 12.8. The minimum Gasteiger partial charge on any atom is -0.463 e. The highest BCUT2D eigenvalue weighted by atomic mass is 16.6. The number of esters is 1. The van der Waals surface area contributed by atoms with E-state index in [1.54, 1.807) is 6.92 Å². The highest BCUT2D eigenvalue weighted by Gasteiger charge is 2.23. The fourth-order valence-corrected chi connectivity index (χ4v) is 1.50. The monoisotopic (exact) mass is 279 g/mol. The van der Waals surface area contributed by atoms with Crippen molar-refractivity contribution in [3.05, 3.63) is 57.8 Å². The maximum absolute atomic E-state index is 11.3. The molecule has 0 aromatic heterocycles. The van der Waals surface area contributed by atoms with Gasteiger partial charge in [-0.2, -0.15) is 0 Å². The maximum Gasteiger partial charge on any atom is 0.337 e. The summed E-state index contributed by atoms with van der Waals surface area (Å²) >= 11 is 0. The second-order valence-corrected chi connectivity index (χ2v) is 4.02. The molecule has 0 spiro atoms. The van der Waals surface area contributed by atoms with Gasteiger partial charge in [0, 0.05) is 0 Å². The molecule has 0 saturated heterocycles. The first-order chi connectivity index (χ1) is 9.54. The zero-order valence-electron chi connectivity index (χ0n) is 11.4. The van der Waals surface area contributed by atoms with Crippen molar-refractivity contribution in [1.82, 2.24) is 0 Å². The predicted octanol–water partition coefficient (Wildman–Crippen LogP) is 2.32. The van der Waals surface area contributed by atoms with E-state index in [0.717, 1.165) is 11.6 Å². The minimum atomic E-state index is -0.811. The SMILES string of the molecule is CCOC(=O)/C=C(\[C@H](C)OCc1ccccc1)[N+](=O)[O-]. The summed E-state index contributed by atoms with van der Waals surface area (Å²) in [6, 6.07) is 9.29. The van der Waals surface area contributed by atoms with Crippen molar-refractivity contribution in [1.29, 1.82) is 0 Å². The number of ether oxygens (including phenoxy) is 2. The van der Waals surface area contributed by atoms with Crippen molar-refractivity contribution >= 4 is 5.97 Å². The number of carbonyl (C=O) groups is 1. The van der Waals surface area contributed by atoms with Crippen molar-refractivity contribution in [2.45, 2.75) is 26.6 Å². The van der Waals surface area contributed by atoms with Gasteiger partial charge in [0.25, 0.3) is 5.70 Å². The summed E-state index contributed by atoms with van der Waals surface area (Å²) in [6.07, 6.45) is 0.0497. The van der Waals surface area contributed by atoms with Gasteiger partial charge in [0.2, 0.25) is 0 Å². The third-order valence-corrected chi connectivity index (χ3v) is 2.52. The molecule has 108 valence electrons. The molecule has 0 radical (unpaired) electrons. The number of rotatable bonds is 7. The Labute approximate surface area is 117 Å². The van der Waals surface area contributed by atoms with E-state index in [9.17, 15) is 14.9 Å². The number of benzene rings is 1. The van der Waals surface area contributed by atoms with E-state index in [0.29, 0.717) is 0 Å². The molecule has 0 heterocycles. The molecule has 0 unspecified atom stereocenters. The molecule has 1 aromatic rings. The van der Waals surface area contributed by atoms with E-state index in [1.165, 1.54) is 6.92 Å². The van der Waals surface area contributed by atoms with E-state index in [-0.39, 0.29) is 18.9 Å². The lowest BCUT2D eigenvalue weighted by molar-refractivity contribution is -0.436. The molecule has 1 aromatic carbocycles. The lowest BCUT2D eigenvalue weighted by Crippen LogP contribution is -2.19. The predicted molar refractivity (Wildman–Crippen MR) is 72.4 cm³/mol. The van der Waals surface area contributed by atoms with Crippen LogP contribution in [0, 0.1) is 10.1 Å². The van der Waals surface area contributed by atoms with E-state index < -0.39 is 17.0 Å². The van der Waals surface area contributed by atoms with E-state index in [2.05, 4.69) is 4.74 Å². The fraction of sp³-hybridized carbons (Fsp3) is 0.357. The molecular weight excluding hydrogens is 262 g/mol. The molecule has 6 nitrogen and oxygen atoms in total. The Morgan fingerprint density at radius 1 is 1.40 bits per heavy atom. The first-order valence-electron chi connectivity index (χ1n) is 6.22. The van der Waals surface area contributed by atoms with Crippen LogP contribution in [0.4, 0.5) is 0 Å². The van der Waals surface area contributed by atoms with Gasteiger partial charge >= 0.3 is 5.97 Å². The van der Waals surface area contributed by atoms with Crippen LogP contribution in [0.25, 0.3) is 0 Å². The van der Waals surface area contributed by atoms with Crippen LogP contribution in [0.3, 0.4) is 0 Å². The standard InChI is InChI=1S/C14H17NO5/c1-3-19-14(16)9-13(15(17)18)11(2)20-10-12-7-5-4-6-8-12/h4-9,11H,3,10H2,1-2H3/b13-9+/t11-/m0/s1. The summed E-state index contributed by atoms with van der Waals surface area (Å²) in [6.45, 7) is 3.55. The molecule has 1 atom stereocenters. The minimum absolute atomic E-state index is 0.166. The van der Waals surface area contributed by atoms with Gasteiger partial charge < -0.3 is 9.47 Å². The lowest BCUT2D eigenvalue weighted by atomic mass is 10.2. The van der Waals surface area contributed by atoms with Gasteiger partial charge in [0.15, 0.2) is 0 Å². The van der Waals surface area contributed by atoms with Crippen LogP contribution in [0.5, 0.6) is 0 Å². The van der Waals surface area contributed by atoms with Gasteiger partial charge in [0.05, 0.1) is 24.2 Å². The van der Waals surface area contributed by atoms with Crippen LogP contribution >= 0.6 is 0 Å². The summed E-state index contributed by atoms with van der Waals surface area (Å²) < 4.78 is 10.1. The average Bonchev–Trinajstić information content (AvgIpc) is 2.43. The molecule has 6 heteroatoms. The molecule has 0 saturated carbocycles. The highest BCUT2D eigenvalue weighted by Crippen LogP contribution is 2.11. The van der Waals surface area contributed by atoms with E-state index >= 15 is 0 Å². The molecule has 20 heavy (non-hydrogen) atoms. The van der Waals surface area contributed by atoms with E-state index in [4.69, 9.17) is 4.74 Å². The van der Waals surface area contributed by atoms with Crippen LogP contribution in [0.1, 0.15) is 19.4 Å². The van der Waals surface area contributed by atoms with Crippen molar-refractivity contribution in [3.8, 4) is 0 Å². The van der Waals surface area contributed by atoms with Gasteiger partial charge in [-0.25, -0.2) is 4.79 Å². The third-order valence-electron chi connectivity index (χ3n) is 2.52. The van der Waals surface area contributed by atoms with Gasteiger partial charge in [0.1, 0.15) is 6.10 Å². The van der Waals surface area contributed by atoms with Crippen LogP contribution in [0.2, 0.25) is 0 Å². The number of carbonyl (C=O) groups excluding carboxylic acids is 1. The number of hydrogen-bond acceptors (Lipinski definition) is 5. The van der Waals surface area contributed by atoms with Crippen molar-refractivity contribution in [2.75, 3.05) is 6.61 Å². The maximum atomic E-state index is 11.3. The Hall–Kier alpha value is -2.21. The summed E-state index contributed by atoms with van der Waals surface area (Å²) in [7, 11) is 0. The Morgan fingerprint density at radius 3 is 2.60 bits per heavy atom. The van der Waals surface area contributed by atoms with Crippen LogP contribution < -0.4 is 0 Å². The fourth-order valence-electron chi connectivity index (χ4n) is 1.50. The van der Waals surface area contributed by atoms with Crippen LogP contribution in [-0.4, -0.2) is 23.6 Å². The molecule has 0 amide bonds. The van der Waals surface area contributed by atoms with Gasteiger partial charge in [-0.3, -0.25) is 10.1 Å². The van der Waals surface area contributed by atoms with Crippen molar-refractivity contribution in [3.63, 3.8) is 0 Å². The van der Waals surface area contributed by atoms with Gasteiger partial charge in [-0.1, -0.05) is 30.3 Å². The average molecular weight is 279 g/mol. The van der Waals surface area contributed by atoms with Crippen molar-refractivity contribution < 1.29 is 19.2 Å². The summed E-state index contributed by atoms with van der Waals surface area (Å²) in [5.74, 6) is -0.741. The zero-order chi connectivity index (χ0) is 15.0. The van der Waals surface area contributed by atoms with Gasteiger partial charge in [-0.15, -0.1) is 0 Å². The zero-order valence-corrected chi connectivity index (χ0v) is 11.4. The van der Waals surface area contributed by atoms with Gasteiger partial charge in [-0.05, 0) is 19.4 Å². The third kappa shape index (κ3) is 5.19. The molecule has 0 aliphatic rings. The van der Waals surface area contributed by atoms with Crippen LogP contribution in [0.15, 0.2) is 42.1 Å². The molecule has 0 bridgehead atoms. The summed E-state index contributed by atoms with van der Waals surface area (Å²) in [5.41, 5.74) is 0.581. The Morgan fingerprint density at radius 2 is 2.05 bits per heavy atom. The first-order valence-corrected chi connectivity index (χ1v) is 6.22. The molecular formula is C14H17NO5. The Balaban J connectivity index is 2.67. The number of nitrogens with zero attached hydrogens (tertiary/aromatic N) is 1. The Bertz CT molecular complexity index is 484. The summed E-state index contributed by atoms with van der Waals surface area (Å²) in [5, 5.41) is 10.9. The summed E-state index contributed by atoms with van der Waals surface area (Å²) in [4.78, 5) is 21.6. The molecule has 0 aliphatic heterocycles. The van der Waals surface area contributed by atoms with E-state index in [1.807, 2.05) is 30.3 Å². The molecule has 0 N–H and O–H groups in total. The molecule has 0 fully saturated rings. The molecule has 0 aliphatic carbocycles. The topological polar surface area (TPSA) is 78.7 Å². The second kappa shape index (κ2) is 8.06. The quantitative estimate of drug-likeness (QED) is 0.331. The van der Waals surface area contributed by atoms with Crippen molar-refractivity contribution in [2.24, 2.45) is 0 Å². The lowest BCUT2D eigenvalue weighted by Gasteiger charge is -2.10. The number of hydrogen-bond donors (Lipinski definition) is 0. The largest absolute Gasteiger partial charge is 0.463 e. The highest BCUT2D eigenvalue weighted by molar-refractivity contribution is 5.82. The number of nitro groups is 1. The van der Waals surface area contributed by atoms with Crippen LogP contribution in [-0.2, 0) is 20.9 Å². The molecule has 1 rings (SSSR count). The Kier molecular flexibility index (Phi) is 6.39. The smallest absolute Gasteiger partial charge is 0.337 e. The second-order valence-electron chi connectivity index (χ2n) is 4.02.